The fourth-order valence-electron chi connectivity index (χ4n) is 1.49. The van der Waals surface area contributed by atoms with E-state index < -0.39 is 16.0 Å². The van der Waals surface area contributed by atoms with Crippen LogP contribution in [0.5, 0.6) is 0 Å². The smallest absolute Gasteiger partial charge is 0.328 e. The van der Waals surface area contributed by atoms with E-state index in [2.05, 4.69) is 4.72 Å². The van der Waals surface area contributed by atoms with Gasteiger partial charge < -0.3 is 9.84 Å². The molecule has 1 aromatic carbocycles. The molecule has 0 aromatic heterocycles. The van der Waals surface area contributed by atoms with Crippen LogP contribution in [0, 0.1) is 0 Å². The molecule has 21 heavy (non-hydrogen) atoms. The van der Waals surface area contributed by atoms with Crippen molar-refractivity contribution in [3.63, 3.8) is 0 Å². The Morgan fingerprint density at radius 1 is 1.33 bits per heavy atom. The van der Waals surface area contributed by atoms with Crippen molar-refractivity contribution in [1.82, 2.24) is 4.72 Å². The molecular weight excluding hydrogens is 294 g/mol. The third-order valence-corrected chi connectivity index (χ3v) is 3.88. The van der Waals surface area contributed by atoms with Gasteiger partial charge in [-0.15, -0.1) is 0 Å². The predicted octanol–water partition coefficient (Wildman–Crippen LogP) is 1.24. The fourth-order valence-corrected chi connectivity index (χ4v) is 2.36. The second kappa shape index (κ2) is 8.56. The number of carboxylic acids is 1. The lowest BCUT2D eigenvalue weighted by Crippen LogP contribution is -2.28. The van der Waals surface area contributed by atoms with Crippen LogP contribution in [0.25, 0.3) is 6.08 Å². The van der Waals surface area contributed by atoms with Crippen molar-refractivity contribution in [2.24, 2.45) is 0 Å². The average Bonchev–Trinajstić information content (AvgIpc) is 2.44. The van der Waals surface area contributed by atoms with Crippen LogP contribution in [0.1, 0.15) is 18.1 Å². The van der Waals surface area contributed by atoms with E-state index in [0.717, 1.165) is 17.2 Å². The van der Waals surface area contributed by atoms with Crippen LogP contribution in [-0.4, -0.2) is 38.5 Å². The first kappa shape index (κ1) is 17.4. The highest BCUT2D eigenvalue weighted by Crippen LogP contribution is 2.06. The minimum atomic E-state index is -3.35. The van der Waals surface area contributed by atoms with E-state index in [4.69, 9.17) is 9.84 Å². The van der Waals surface area contributed by atoms with Gasteiger partial charge in [-0.3, -0.25) is 0 Å². The summed E-state index contributed by atoms with van der Waals surface area (Å²) in [6, 6.07) is 6.94. The molecule has 116 valence electrons. The van der Waals surface area contributed by atoms with Crippen molar-refractivity contribution < 1.29 is 23.1 Å². The third kappa shape index (κ3) is 7.60. The van der Waals surface area contributed by atoms with E-state index in [0.29, 0.717) is 6.61 Å². The van der Waals surface area contributed by atoms with Crippen LogP contribution in [0.2, 0.25) is 0 Å². The molecule has 0 bridgehead atoms. The van der Waals surface area contributed by atoms with Gasteiger partial charge in [0, 0.05) is 19.2 Å². The number of carboxylic acid groups (broad SMARTS) is 1. The zero-order chi connectivity index (χ0) is 15.7. The molecule has 1 aromatic rings. The van der Waals surface area contributed by atoms with E-state index in [9.17, 15) is 13.2 Å². The molecule has 0 aliphatic carbocycles. The van der Waals surface area contributed by atoms with E-state index in [1.165, 1.54) is 6.08 Å². The van der Waals surface area contributed by atoms with Gasteiger partial charge in [-0.25, -0.2) is 17.9 Å². The largest absolute Gasteiger partial charge is 0.478 e. The summed E-state index contributed by atoms with van der Waals surface area (Å²) in [7, 11) is -3.35. The zero-order valence-corrected chi connectivity index (χ0v) is 12.6. The fraction of sp³-hybridized carbons (Fsp3) is 0.357. The molecule has 7 heteroatoms. The number of nitrogens with one attached hydrogen (secondary N) is 1. The summed E-state index contributed by atoms with van der Waals surface area (Å²) in [5.41, 5.74) is 1.53. The summed E-state index contributed by atoms with van der Waals surface area (Å²) >= 11 is 0. The van der Waals surface area contributed by atoms with Gasteiger partial charge in [-0.2, -0.15) is 0 Å². The molecule has 0 saturated carbocycles. The Bertz CT molecular complexity index is 578. The third-order valence-electron chi connectivity index (χ3n) is 2.59. The van der Waals surface area contributed by atoms with Gasteiger partial charge in [0.25, 0.3) is 0 Å². The summed E-state index contributed by atoms with van der Waals surface area (Å²) < 4.78 is 30.8. The molecule has 6 nitrogen and oxygen atoms in total. The van der Waals surface area contributed by atoms with E-state index in [-0.39, 0.29) is 18.9 Å². The van der Waals surface area contributed by atoms with Gasteiger partial charge in [-0.1, -0.05) is 24.3 Å². The molecule has 0 saturated heterocycles. The van der Waals surface area contributed by atoms with Gasteiger partial charge in [0.2, 0.25) is 10.0 Å². The molecule has 0 aliphatic heterocycles. The highest BCUT2D eigenvalue weighted by molar-refractivity contribution is 7.89. The molecule has 0 amide bonds. The van der Waals surface area contributed by atoms with Gasteiger partial charge in [0.1, 0.15) is 0 Å². The van der Waals surface area contributed by atoms with Gasteiger partial charge in [-0.05, 0) is 24.1 Å². The normalized spacial score (nSPS) is 11.9. The van der Waals surface area contributed by atoms with Gasteiger partial charge in [0.15, 0.2) is 0 Å². The first-order valence-electron chi connectivity index (χ1n) is 6.48. The molecular formula is C14H19NO5S. The molecule has 0 heterocycles. The van der Waals surface area contributed by atoms with Crippen LogP contribution in [0.4, 0.5) is 0 Å². The summed E-state index contributed by atoms with van der Waals surface area (Å²) in [6.45, 7) is 2.66. The van der Waals surface area contributed by atoms with Crippen LogP contribution in [0.3, 0.4) is 0 Å². The first-order valence-corrected chi connectivity index (χ1v) is 8.13. The Labute approximate surface area is 124 Å². The van der Waals surface area contributed by atoms with Crippen molar-refractivity contribution >= 4 is 22.1 Å². The Hall–Kier alpha value is -1.70. The highest BCUT2D eigenvalue weighted by atomic mass is 32.2. The maximum atomic E-state index is 11.7. The van der Waals surface area contributed by atoms with E-state index >= 15 is 0 Å². The minimum Gasteiger partial charge on any atom is -0.478 e. The number of benzene rings is 1. The van der Waals surface area contributed by atoms with Gasteiger partial charge >= 0.3 is 5.97 Å². The number of hydrogen-bond acceptors (Lipinski definition) is 4. The number of sulfonamides is 1. The van der Waals surface area contributed by atoms with Crippen molar-refractivity contribution in [2.45, 2.75) is 13.5 Å². The van der Waals surface area contributed by atoms with Crippen molar-refractivity contribution in [3.05, 3.63) is 41.5 Å². The van der Waals surface area contributed by atoms with Gasteiger partial charge in [0.05, 0.1) is 12.4 Å². The highest BCUT2D eigenvalue weighted by Gasteiger charge is 2.09. The SMILES string of the molecule is CCOCCS(=O)(=O)NCc1ccc(C=CC(=O)O)cc1. The standard InChI is InChI=1S/C14H19NO5S/c1-2-20-9-10-21(18,19)15-11-13-5-3-12(4-6-13)7-8-14(16)17/h3-8,15H,2,9-11H2,1H3,(H,16,17). The lowest BCUT2D eigenvalue weighted by molar-refractivity contribution is -0.131. The molecule has 0 radical (unpaired) electrons. The number of carbonyl (C=O) groups is 1. The van der Waals surface area contributed by atoms with E-state index in [1.807, 2.05) is 0 Å². The summed E-state index contributed by atoms with van der Waals surface area (Å²) in [6.07, 6.45) is 2.52. The first-order chi connectivity index (χ1) is 9.93. The minimum absolute atomic E-state index is 0.0692. The second-order valence-electron chi connectivity index (χ2n) is 4.25. The summed E-state index contributed by atoms with van der Waals surface area (Å²) in [5, 5.41) is 8.52. The molecule has 0 fully saturated rings. The Kier molecular flexibility index (Phi) is 7.07. The zero-order valence-electron chi connectivity index (χ0n) is 11.8. The number of hydrogen-bond donors (Lipinski definition) is 2. The molecule has 0 unspecified atom stereocenters. The average molecular weight is 313 g/mol. The monoisotopic (exact) mass is 313 g/mol. The molecule has 1 rings (SSSR count). The van der Waals surface area contributed by atoms with Crippen LogP contribution in [0.15, 0.2) is 30.3 Å². The lowest BCUT2D eigenvalue weighted by atomic mass is 10.1. The number of ether oxygens (including phenoxy) is 1. The Balaban J connectivity index is 2.50. The maximum Gasteiger partial charge on any atom is 0.328 e. The van der Waals surface area contributed by atoms with Crippen molar-refractivity contribution in [1.29, 1.82) is 0 Å². The van der Waals surface area contributed by atoms with Crippen molar-refractivity contribution in [3.8, 4) is 0 Å². The molecule has 0 aliphatic rings. The molecule has 2 N–H and O–H groups in total. The second-order valence-corrected chi connectivity index (χ2v) is 6.18. The van der Waals surface area contributed by atoms with Crippen LogP contribution < -0.4 is 4.72 Å². The topological polar surface area (TPSA) is 92.7 Å². The Morgan fingerprint density at radius 3 is 2.57 bits per heavy atom. The van der Waals surface area contributed by atoms with Crippen molar-refractivity contribution in [2.75, 3.05) is 19.0 Å². The predicted molar refractivity (Wildman–Crippen MR) is 80.2 cm³/mol. The molecule has 0 spiro atoms. The maximum absolute atomic E-state index is 11.7. The summed E-state index contributed by atoms with van der Waals surface area (Å²) in [5.74, 6) is -1.08. The number of aliphatic carboxylic acids is 1. The molecule has 0 atom stereocenters. The van der Waals surface area contributed by atoms with Crippen LogP contribution >= 0.6 is 0 Å². The van der Waals surface area contributed by atoms with Crippen LogP contribution in [-0.2, 0) is 26.1 Å². The Morgan fingerprint density at radius 2 is 2.00 bits per heavy atom. The van der Waals surface area contributed by atoms with E-state index in [1.54, 1.807) is 31.2 Å². The number of rotatable bonds is 9. The quantitative estimate of drug-likeness (QED) is 0.528. The lowest BCUT2D eigenvalue weighted by Gasteiger charge is -2.07. The summed E-state index contributed by atoms with van der Waals surface area (Å²) in [4.78, 5) is 10.4.